The Morgan fingerprint density at radius 1 is 1.42 bits per heavy atom. The van der Waals surface area contributed by atoms with Gasteiger partial charge in [0.05, 0.1) is 12.6 Å². The summed E-state index contributed by atoms with van der Waals surface area (Å²) in [7, 11) is 0. The molecule has 0 spiro atoms. The molecule has 24 heavy (non-hydrogen) atoms. The van der Waals surface area contributed by atoms with Crippen molar-refractivity contribution in [2.45, 2.75) is 32.2 Å². The molecule has 1 aromatic carbocycles. The summed E-state index contributed by atoms with van der Waals surface area (Å²) >= 11 is 3.49. The smallest absolute Gasteiger partial charge is 0.315 e. The van der Waals surface area contributed by atoms with Crippen molar-refractivity contribution in [3.05, 3.63) is 28.2 Å². The Morgan fingerprint density at radius 2 is 2.29 bits per heavy atom. The normalized spacial score (nSPS) is 23.9. The van der Waals surface area contributed by atoms with Crippen molar-refractivity contribution in [3.8, 4) is 5.75 Å². The van der Waals surface area contributed by atoms with Crippen molar-refractivity contribution >= 4 is 22.0 Å². The third-order valence-corrected chi connectivity index (χ3v) is 5.26. The van der Waals surface area contributed by atoms with Gasteiger partial charge in [0.15, 0.2) is 0 Å². The fourth-order valence-electron chi connectivity index (χ4n) is 3.54. The first kappa shape index (κ1) is 17.5. The molecule has 0 radical (unpaired) electrons. The van der Waals surface area contributed by atoms with Crippen molar-refractivity contribution in [1.29, 1.82) is 0 Å². The summed E-state index contributed by atoms with van der Waals surface area (Å²) < 4.78 is 6.66. The van der Waals surface area contributed by atoms with Crippen LogP contribution in [-0.4, -0.2) is 43.7 Å². The van der Waals surface area contributed by atoms with Gasteiger partial charge in [0.2, 0.25) is 0 Å². The maximum atomic E-state index is 12.2. The van der Waals surface area contributed by atoms with Crippen LogP contribution < -0.4 is 15.4 Å². The zero-order valence-corrected chi connectivity index (χ0v) is 15.8. The molecule has 0 saturated carbocycles. The van der Waals surface area contributed by atoms with Crippen LogP contribution >= 0.6 is 15.9 Å². The van der Waals surface area contributed by atoms with Gasteiger partial charge in [0, 0.05) is 36.1 Å². The molecule has 2 N–H and O–H groups in total. The summed E-state index contributed by atoms with van der Waals surface area (Å²) in [4.78, 5) is 14.7. The molecule has 5 nitrogen and oxygen atoms in total. The summed E-state index contributed by atoms with van der Waals surface area (Å²) in [6.45, 7) is 6.83. The molecule has 0 aliphatic carbocycles. The first-order chi connectivity index (χ1) is 11.6. The van der Waals surface area contributed by atoms with Crippen molar-refractivity contribution in [1.82, 2.24) is 15.5 Å². The van der Waals surface area contributed by atoms with Crippen molar-refractivity contribution in [3.63, 3.8) is 0 Å². The predicted octanol–water partition coefficient (Wildman–Crippen LogP) is 3.30. The minimum atomic E-state index is -0.0992. The molecular weight excluding hydrogens is 370 g/mol. The van der Waals surface area contributed by atoms with E-state index in [9.17, 15) is 4.79 Å². The Labute approximate surface area is 152 Å². The number of hydrogen-bond acceptors (Lipinski definition) is 3. The molecule has 2 amide bonds. The number of ether oxygens (including phenoxy) is 1. The highest BCUT2D eigenvalue weighted by molar-refractivity contribution is 9.10. The van der Waals surface area contributed by atoms with Gasteiger partial charge in [0.1, 0.15) is 5.75 Å². The quantitative estimate of drug-likeness (QED) is 0.821. The van der Waals surface area contributed by atoms with Crippen molar-refractivity contribution < 1.29 is 9.53 Å². The van der Waals surface area contributed by atoms with E-state index in [1.54, 1.807) is 0 Å². The second-order valence-corrected chi connectivity index (χ2v) is 7.74. The van der Waals surface area contributed by atoms with E-state index in [2.05, 4.69) is 38.4 Å². The lowest BCUT2D eigenvalue weighted by molar-refractivity contribution is 0.183. The fourth-order valence-corrected chi connectivity index (χ4v) is 3.92. The van der Waals surface area contributed by atoms with Crippen LogP contribution in [-0.2, 0) is 0 Å². The topological polar surface area (TPSA) is 53.6 Å². The standard InChI is InChI=1S/C18H26BrN3O2/c1-13-3-2-8-22(12-13)9-7-20-18(23)21-16-6-10-24-17-5-4-14(19)11-15(16)17/h4-5,11,13,16H,2-3,6-10,12H2,1H3,(H2,20,21,23)/t13-,16-/m0/s1. The highest BCUT2D eigenvalue weighted by Crippen LogP contribution is 2.33. The van der Waals surface area contributed by atoms with Gasteiger partial charge < -0.3 is 20.3 Å². The van der Waals surface area contributed by atoms with Gasteiger partial charge in [-0.05, 0) is 43.5 Å². The lowest BCUT2D eigenvalue weighted by Gasteiger charge is -2.31. The largest absolute Gasteiger partial charge is 0.493 e. The zero-order chi connectivity index (χ0) is 16.9. The number of nitrogens with zero attached hydrogens (tertiary/aromatic N) is 1. The Kier molecular flexibility index (Phi) is 6.00. The Morgan fingerprint density at radius 3 is 3.12 bits per heavy atom. The van der Waals surface area contributed by atoms with Crippen LogP contribution in [0.5, 0.6) is 5.75 Å². The number of carbonyl (C=O) groups is 1. The number of likely N-dealkylation sites (tertiary alicyclic amines) is 1. The summed E-state index contributed by atoms with van der Waals surface area (Å²) in [5.41, 5.74) is 1.04. The van der Waals surface area contributed by atoms with Crippen LogP contribution in [0.2, 0.25) is 0 Å². The maximum absolute atomic E-state index is 12.2. The molecule has 132 valence electrons. The molecule has 2 atom stereocenters. The number of amides is 2. The van der Waals surface area contributed by atoms with Crippen LogP contribution in [0.3, 0.4) is 0 Å². The number of nitrogens with one attached hydrogen (secondary N) is 2. The Bertz CT molecular complexity index is 581. The van der Waals surface area contributed by atoms with Crippen LogP contribution in [0.4, 0.5) is 4.79 Å². The Hall–Kier alpha value is -1.27. The minimum Gasteiger partial charge on any atom is -0.493 e. The van der Waals surface area contributed by atoms with Crippen molar-refractivity contribution in [2.24, 2.45) is 5.92 Å². The van der Waals surface area contributed by atoms with E-state index in [-0.39, 0.29) is 12.1 Å². The molecule has 2 aliphatic rings. The number of carbonyl (C=O) groups excluding carboxylic acids is 1. The lowest BCUT2D eigenvalue weighted by atomic mass is 10.0. The van der Waals surface area contributed by atoms with E-state index in [4.69, 9.17) is 4.74 Å². The van der Waals surface area contributed by atoms with Crippen molar-refractivity contribution in [2.75, 3.05) is 32.8 Å². The van der Waals surface area contributed by atoms with E-state index >= 15 is 0 Å². The number of hydrogen-bond donors (Lipinski definition) is 2. The van der Waals surface area contributed by atoms with E-state index in [0.717, 1.165) is 47.8 Å². The molecule has 1 fully saturated rings. The molecule has 2 aliphatic heterocycles. The van der Waals surface area contributed by atoms with Crippen LogP contribution in [0.1, 0.15) is 37.8 Å². The van der Waals surface area contributed by atoms with Gasteiger partial charge in [-0.2, -0.15) is 0 Å². The average molecular weight is 396 g/mol. The van der Waals surface area contributed by atoms with Gasteiger partial charge in [0.25, 0.3) is 0 Å². The average Bonchev–Trinajstić information content (AvgIpc) is 2.55. The summed E-state index contributed by atoms with van der Waals surface area (Å²) in [6.07, 6.45) is 3.38. The van der Waals surface area contributed by atoms with E-state index in [1.165, 1.54) is 12.8 Å². The SMILES string of the molecule is C[C@H]1CCCN(CCNC(=O)N[C@H]2CCOc3ccc(Br)cc32)C1. The first-order valence-electron chi connectivity index (χ1n) is 8.81. The fraction of sp³-hybridized carbons (Fsp3) is 0.611. The molecule has 0 unspecified atom stereocenters. The molecule has 2 heterocycles. The van der Waals surface area contributed by atoms with E-state index in [0.29, 0.717) is 13.2 Å². The van der Waals surface area contributed by atoms with Gasteiger partial charge in [-0.3, -0.25) is 0 Å². The van der Waals surface area contributed by atoms with Gasteiger partial charge in [-0.15, -0.1) is 0 Å². The summed E-state index contributed by atoms with van der Waals surface area (Å²) in [5.74, 6) is 1.63. The summed E-state index contributed by atoms with van der Waals surface area (Å²) in [6, 6.07) is 5.83. The summed E-state index contributed by atoms with van der Waals surface area (Å²) in [5, 5.41) is 6.07. The predicted molar refractivity (Wildman–Crippen MR) is 98.4 cm³/mol. The molecular formula is C18H26BrN3O2. The monoisotopic (exact) mass is 395 g/mol. The van der Waals surface area contributed by atoms with Crippen LogP contribution in [0.15, 0.2) is 22.7 Å². The third-order valence-electron chi connectivity index (χ3n) is 4.77. The number of piperidine rings is 1. The van der Waals surface area contributed by atoms with Gasteiger partial charge in [-0.25, -0.2) is 4.79 Å². The molecule has 6 heteroatoms. The second-order valence-electron chi connectivity index (χ2n) is 6.82. The zero-order valence-electron chi connectivity index (χ0n) is 14.2. The first-order valence-corrected chi connectivity index (χ1v) is 9.60. The van der Waals surface area contributed by atoms with Gasteiger partial charge >= 0.3 is 6.03 Å². The van der Waals surface area contributed by atoms with Gasteiger partial charge in [-0.1, -0.05) is 22.9 Å². The number of benzene rings is 1. The Balaban J connectivity index is 1.46. The molecule has 3 rings (SSSR count). The molecule has 0 bridgehead atoms. The number of urea groups is 1. The van der Waals surface area contributed by atoms with E-state index < -0.39 is 0 Å². The van der Waals surface area contributed by atoms with Crippen LogP contribution in [0.25, 0.3) is 0 Å². The highest BCUT2D eigenvalue weighted by Gasteiger charge is 2.23. The molecule has 1 saturated heterocycles. The third kappa shape index (κ3) is 4.63. The molecule has 1 aromatic rings. The molecule has 0 aromatic heterocycles. The lowest BCUT2D eigenvalue weighted by Crippen LogP contribution is -2.44. The minimum absolute atomic E-state index is 0.00117. The maximum Gasteiger partial charge on any atom is 0.315 e. The van der Waals surface area contributed by atoms with E-state index in [1.807, 2.05) is 18.2 Å². The van der Waals surface area contributed by atoms with Crippen LogP contribution in [0, 0.1) is 5.92 Å². The highest BCUT2D eigenvalue weighted by atomic mass is 79.9. The second kappa shape index (κ2) is 8.21. The number of halogens is 1. The number of rotatable bonds is 4. The number of fused-ring (bicyclic) bond motifs is 1.